The van der Waals surface area contributed by atoms with Gasteiger partial charge in [-0.3, -0.25) is 14.6 Å². The van der Waals surface area contributed by atoms with Crippen LogP contribution in [0.3, 0.4) is 0 Å². The van der Waals surface area contributed by atoms with Crippen LogP contribution in [-0.4, -0.2) is 67.1 Å². The first-order valence-electron chi connectivity index (χ1n) is 12.5. The molecule has 6 rings (SSSR count). The second-order valence-electron chi connectivity index (χ2n) is 10.0. The van der Waals surface area contributed by atoms with Gasteiger partial charge in [0.2, 0.25) is 5.91 Å². The van der Waals surface area contributed by atoms with E-state index in [2.05, 4.69) is 10.1 Å². The summed E-state index contributed by atoms with van der Waals surface area (Å²) in [5.74, 6) is -0.461. The van der Waals surface area contributed by atoms with Crippen molar-refractivity contribution in [2.45, 2.75) is 50.6 Å². The van der Waals surface area contributed by atoms with Crippen molar-refractivity contribution >= 4 is 34.1 Å². The zero-order valence-corrected chi connectivity index (χ0v) is 21.0. The van der Waals surface area contributed by atoms with Gasteiger partial charge in [0.15, 0.2) is 11.4 Å². The molecule has 2 atom stereocenters. The number of carbonyl (C=O) groups excluding carboxylic acids is 2. The van der Waals surface area contributed by atoms with Crippen molar-refractivity contribution in [1.82, 2.24) is 24.5 Å². The Kier molecular flexibility index (Phi) is 5.75. The van der Waals surface area contributed by atoms with Crippen molar-refractivity contribution in [3.8, 4) is 16.9 Å². The number of fused-ring (bicyclic) bond motifs is 4. The number of anilines is 1. The number of nitrogens with zero attached hydrogens (tertiary/aromatic N) is 5. The number of hydrogen-bond donors (Lipinski definition) is 2. The van der Waals surface area contributed by atoms with Gasteiger partial charge in [0.1, 0.15) is 29.5 Å². The average molecular weight is 519 g/mol. The lowest BCUT2D eigenvalue weighted by molar-refractivity contribution is -0.138. The highest BCUT2D eigenvalue weighted by Crippen LogP contribution is 2.44. The second-order valence-corrected chi connectivity index (χ2v) is 10.0. The predicted octanol–water partition coefficient (Wildman–Crippen LogP) is 3.11. The molecule has 4 aromatic rings. The number of nitrogen functional groups attached to an aromatic ring is 1. The maximum absolute atomic E-state index is 14.2. The number of halogens is 1. The molecule has 0 aliphatic carbocycles. The molecule has 2 aliphatic heterocycles. The van der Waals surface area contributed by atoms with E-state index in [0.29, 0.717) is 57.5 Å². The van der Waals surface area contributed by atoms with Gasteiger partial charge in [-0.05, 0) is 44.7 Å². The van der Waals surface area contributed by atoms with Gasteiger partial charge in [0, 0.05) is 46.8 Å². The standard InChI is InChI=1S/C27H27FN6O4/c1-13(36)23-25(15-7-18-3-4-19(8-15)33(18)22(37)12-35)32-27-20(11-31-34(27)26(23)29)16-5-14-6-17(28)9-21(38-2)24(14)30-10-16/h5-6,9-11,15,18-19,35H,3-4,7-8,12,29H2,1-2H3. The molecule has 11 heteroatoms. The van der Waals surface area contributed by atoms with Gasteiger partial charge < -0.3 is 20.5 Å². The fourth-order valence-electron chi connectivity index (χ4n) is 6.27. The van der Waals surface area contributed by atoms with Gasteiger partial charge in [0.05, 0.1) is 24.6 Å². The van der Waals surface area contributed by atoms with E-state index in [1.165, 1.54) is 30.7 Å². The molecular formula is C27H27FN6O4. The van der Waals surface area contributed by atoms with Crippen LogP contribution in [0.4, 0.5) is 10.2 Å². The van der Waals surface area contributed by atoms with Gasteiger partial charge in [-0.15, -0.1) is 0 Å². The molecule has 0 spiro atoms. The number of carbonyl (C=O) groups is 2. The zero-order valence-electron chi connectivity index (χ0n) is 21.0. The molecule has 10 nitrogen and oxygen atoms in total. The molecule has 2 unspecified atom stereocenters. The van der Waals surface area contributed by atoms with Gasteiger partial charge in [-0.25, -0.2) is 9.37 Å². The van der Waals surface area contributed by atoms with E-state index < -0.39 is 12.4 Å². The lowest BCUT2D eigenvalue weighted by Crippen LogP contribution is -2.47. The Hall–Kier alpha value is -4.12. The van der Waals surface area contributed by atoms with Crippen LogP contribution in [0.1, 0.15) is 54.6 Å². The van der Waals surface area contributed by atoms with Gasteiger partial charge >= 0.3 is 0 Å². The highest BCUT2D eigenvalue weighted by atomic mass is 19.1. The Morgan fingerprint density at radius 3 is 2.58 bits per heavy atom. The number of aliphatic hydroxyl groups is 1. The van der Waals surface area contributed by atoms with Crippen LogP contribution in [0, 0.1) is 5.82 Å². The van der Waals surface area contributed by atoms with E-state index in [1.54, 1.807) is 23.4 Å². The monoisotopic (exact) mass is 518 g/mol. The van der Waals surface area contributed by atoms with Crippen LogP contribution in [0.15, 0.2) is 30.6 Å². The number of methoxy groups -OCH3 is 1. The number of benzene rings is 1. The minimum Gasteiger partial charge on any atom is -0.494 e. The number of hydrogen-bond acceptors (Lipinski definition) is 8. The van der Waals surface area contributed by atoms with Crippen molar-refractivity contribution in [1.29, 1.82) is 0 Å². The molecule has 2 aliphatic rings. The summed E-state index contributed by atoms with van der Waals surface area (Å²) >= 11 is 0. The van der Waals surface area contributed by atoms with Crippen LogP contribution < -0.4 is 10.5 Å². The first kappa shape index (κ1) is 24.2. The molecule has 0 radical (unpaired) electrons. The van der Waals surface area contributed by atoms with E-state index in [0.717, 1.165) is 12.8 Å². The summed E-state index contributed by atoms with van der Waals surface area (Å²) in [6.07, 6.45) is 6.21. The number of nitrogens with two attached hydrogens (primary N) is 1. The normalized spacial score (nSPS) is 20.8. The number of piperidine rings is 1. The maximum atomic E-state index is 14.2. The van der Waals surface area contributed by atoms with Crippen LogP contribution in [-0.2, 0) is 4.79 Å². The highest BCUT2D eigenvalue weighted by Gasteiger charge is 2.44. The summed E-state index contributed by atoms with van der Waals surface area (Å²) in [5, 5.41) is 14.4. The van der Waals surface area contributed by atoms with E-state index in [-0.39, 0.29) is 35.5 Å². The minimum absolute atomic E-state index is 0.0172. The summed E-state index contributed by atoms with van der Waals surface area (Å²) in [5.41, 5.74) is 9.74. The Labute approximate surface area is 217 Å². The van der Waals surface area contributed by atoms with Gasteiger partial charge in [-0.2, -0.15) is 9.61 Å². The van der Waals surface area contributed by atoms with Gasteiger partial charge in [0.25, 0.3) is 0 Å². The van der Waals surface area contributed by atoms with Crippen LogP contribution in [0.5, 0.6) is 5.75 Å². The molecule has 2 fully saturated rings. The minimum atomic E-state index is -0.512. The quantitative estimate of drug-likeness (QED) is 0.385. The summed E-state index contributed by atoms with van der Waals surface area (Å²) in [7, 11) is 1.46. The molecule has 3 aromatic heterocycles. The SMILES string of the molecule is COc1cc(F)cc2cc(-c3cnn4c(N)c(C(C)=O)c(C5CC6CCC(C5)N6C(=O)CO)nc34)cnc12. The van der Waals surface area contributed by atoms with Crippen LogP contribution in [0.25, 0.3) is 27.7 Å². The van der Waals surface area contributed by atoms with E-state index >= 15 is 0 Å². The van der Waals surface area contributed by atoms with E-state index in [4.69, 9.17) is 15.5 Å². The number of pyridine rings is 1. The summed E-state index contributed by atoms with van der Waals surface area (Å²) in [6.45, 7) is 0.948. The molecular weight excluding hydrogens is 491 g/mol. The van der Waals surface area contributed by atoms with E-state index in [1.807, 2.05) is 0 Å². The zero-order chi connectivity index (χ0) is 26.7. The second kappa shape index (κ2) is 9.02. The van der Waals surface area contributed by atoms with Crippen molar-refractivity contribution in [2.75, 3.05) is 19.5 Å². The number of aliphatic hydroxyl groups excluding tert-OH is 1. The predicted molar refractivity (Wildman–Crippen MR) is 137 cm³/mol. The Morgan fingerprint density at radius 1 is 1.18 bits per heavy atom. The molecule has 5 heterocycles. The van der Waals surface area contributed by atoms with Crippen molar-refractivity contribution in [3.63, 3.8) is 0 Å². The molecule has 3 N–H and O–H groups in total. The smallest absolute Gasteiger partial charge is 0.248 e. The van der Waals surface area contributed by atoms with Crippen molar-refractivity contribution in [3.05, 3.63) is 47.7 Å². The van der Waals surface area contributed by atoms with Crippen molar-refractivity contribution in [2.24, 2.45) is 0 Å². The van der Waals surface area contributed by atoms with Crippen molar-refractivity contribution < 1.29 is 23.8 Å². The molecule has 2 bridgehead atoms. The van der Waals surface area contributed by atoms with E-state index in [9.17, 15) is 19.1 Å². The summed E-state index contributed by atoms with van der Waals surface area (Å²) in [6, 6.07) is 4.43. The fourth-order valence-corrected chi connectivity index (χ4v) is 6.27. The fraction of sp³-hybridized carbons (Fsp3) is 0.370. The number of rotatable bonds is 5. The maximum Gasteiger partial charge on any atom is 0.248 e. The molecule has 1 amide bonds. The van der Waals surface area contributed by atoms with Gasteiger partial charge in [-0.1, -0.05) is 0 Å². The summed E-state index contributed by atoms with van der Waals surface area (Å²) < 4.78 is 20.9. The Morgan fingerprint density at radius 2 is 1.92 bits per heavy atom. The number of aromatic nitrogens is 4. The first-order valence-corrected chi connectivity index (χ1v) is 12.5. The Balaban J connectivity index is 1.48. The number of Topliss-reactive ketones (excluding diaryl/α,β-unsaturated/α-hetero) is 1. The first-order chi connectivity index (χ1) is 18.3. The largest absolute Gasteiger partial charge is 0.494 e. The average Bonchev–Trinajstić information content (AvgIpc) is 3.45. The highest BCUT2D eigenvalue weighted by molar-refractivity contribution is 6.00. The summed E-state index contributed by atoms with van der Waals surface area (Å²) in [4.78, 5) is 36.4. The molecule has 1 aromatic carbocycles. The van der Waals surface area contributed by atoms with Crippen LogP contribution >= 0.6 is 0 Å². The third-order valence-electron chi connectivity index (χ3n) is 7.85. The molecule has 2 saturated heterocycles. The number of ether oxygens (including phenoxy) is 1. The molecule has 0 saturated carbocycles. The number of ketones is 1. The number of amides is 1. The lowest BCUT2D eigenvalue weighted by Gasteiger charge is -2.39. The Bertz CT molecular complexity index is 1600. The van der Waals surface area contributed by atoms with Crippen LogP contribution in [0.2, 0.25) is 0 Å². The molecule has 38 heavy (non-hydrogen) atoms. The third-order valence-corrected chi connectivity index (χ3v) is 7.85. The molecule has 196 valence electrons. The lowest BCUT2D eigenvalue weighted by atomic mass is 9.85. The third kappa shape index (κ3) is 3.68. The topological polar surface area (TPSA) is 136 Å².